The number of likely N-dealkylation sites (tertiary alicyclic amines) is 1. The molecular formula is C32H32N4O6. The standard InChI is InChI=1S/C32H32N4O6/c37-28-18-27(29(38)39)36(34-28)30(40)32(14-16-35(17-15-32)19-21-8-2-1-3-9-21)33-31(41)42-20-26-24-12-6-4-10-22(24)23-11-5-7-13-25(23)26/h1-13,26-27H,14-20H2,(H,33,41)(H,34,37)(H,38,39). The number of piperidine rings is 1. The van der Waals surface area contributed by atoms with Gasteiger partial charge in [-0.05, 0) is 40.7 Å². The number of rotatable bonds is 7. The molecule has 0 aromatic heterocycles. The first-order chi connectivity index (χ1) is 20.3. The van der Waals surface area contributed by atoms with Crippen LogP contribution in [0.25, 0.3) is 11.1 Å². The molecule has 3 N–H and O–H groups in total. The summed E-state index contributed by atoms with van der Waals surface area (Å²) in [7, 11) is 0. The SMILES string of the molecule is O=C1CC(C(=O)O)N(C(=O)C2(NC(=O)OCC3c4ccccc4-c4ccccc43)CCN(Cc3ccccc3)CC2)N1. The van der Waals surface area contributed by atoms with E-state index in [0.29, 0.717) is 19.6 Å². The van der Waals surface area contributed by atoms with Gasteiger partial charge in [-0.25, -0.2) is 14.6 Å². The summed E-state index contributed by atoms with van der Waals surface area (Å²) in [5, 5.41) is 13.4. The second kappa shape index (κ2) is 11.3. The number of alkyl carbamates (subject to hydrolysis) is 1. The van der Waals surface area contributed by atoms with Gasteiger partial charge in [0.2, 0.25) is 5.91 Å². The molecule has 0 bridgehead atoms. The lowest BCUT2D eigenvalue weighted by Gasteiger charge is -2.42. The van der Waals surface area contributed by atoms with Gasteiger partial charge >= 0.3 is 12.1 Å². The molecule has 2 heterocycles. The third kappa shape index (κ3) is 5.21. The molecule has 0 saturated carbocycles. The van der Waals surface area contributed by atoms with Gasteiger partial charge in [-0.3, -0.25) is 19.9 Å². The fraction of sp³-hybridized carbons (Fsp3) is 0.312. The van der Waals surface area contributed by atoms with Crippen LogP contribution in [0.4, 0.5) is 4.79 Å². The van der Waals surface area contributed by atoms with Crippen molar-refractivity contribution >= 4 is 23.9 Å². The minimum absolute atomic E-state index is 0.0719. The Labute approximate surface area is 243 Å². The number of nitrogens with one attached hydrogen (secondary N) is 2. The number of benzene rings is 3. The number of fused-ring (bicyclic) bond motifs is 3. The molecule has 1 unspecified atom stereocenters. The number of aliphatic carboxylic acids is 1. The normalized spacial score (nSPS) is 19.5. The highest BCUT2D eigenvalue weighted by Crippen LogP contribution is 2.44. The number of carbonyl (C=O) groups excluding carboxylic acids is 3. The molecule has 3 amide bonds. The van der Waals surface area contributed by atoms with Gasteiger partial charge < -0.3 is 15.2 Å². The smallest absolute Gasteiger partial charge is 0.408 e. The summed E-state index contributed by atoms with van der Waals surface area (Å²) in [6.07, 6.45) is -0.662. The minimum Gasteiger partial charge on any atom is -0.480 e. The van der Waals surface area contributed by atoms with E-state index in [9.17, 15) is 24.3 Å². The maximum atomic E-state index is 13.9. The molecule has 2 saturated heterocycles. The summed E-state index contributed by atoms with van der Waals surface area (Å²) in [5.74, 6) is -2.67. The lowest BCUT2D eigenvalue weighted by atomic mass is 9.85. The van der Waals surface area contributed by atoms with E-state index in [4.69, 9.17) is 4.74 Å². The Bertz CT molecular complexity index is 1470. The summed E-state index contributed by atoms with van der Waals surface area (Å²) < 4.78 is 5.76. The third-order valence-corrected chi connectivity index (χ3v) is 8.49. The van der Waals surface area contributed by atoms with E-state index in [1.54, 1.807) is 0 Å². The predicted molar refractivity (Wildman–Crippen MR) is 153 cm³/mol. The molecule has 0 radical (unpaired) electrons. The van der Waals surface area contributed by atoms with Crippen LogP contribution in [0, 0.1) is 0 Å². The molecule has 3 aromatic carbocycles. The molecule has 0 spiro atoms. The van der Waals surface area contributed by atoms with Crippen molar-refractivity contribution in [3.63, 3.8) is 0 Å². The zero-order valence-corrected chi connectivity index (χ0v) is 23.0. The maximum Gasteiger partial charge on any atom is 0.408 e. The molecule has 1 aliphatic carbocycles. The molecule has 10 nitrogen and oxygen atoms in total. The van der Waals surface area contributed by atoms with Crippen molar-refractivity contribution in [1.29, 1.82) is 0 Å². The summed E-state index contributed by atoms with van der Waals surface area (Å²) in [5.41, 5.74) is 6.40. The third-order valence-electron chi connectivity index (χ3n) is 8.49. The number of hydrogen-bond donors (Lipinski definition) is 3. The molecule has 6 rings (SSSR count). The van der Waals surface area contributed by atoms with Crippen molar-refractivity contribution in [3.8, 4) is 11.1 Å². The predicted octanol–water partition coefficient (Wildman–Crippen LogP) is 3.28. The van der Waals surface area contributed by atoms with Gasteiger partial charge in [-0.2, -0.15) is 0 Å². The summed E-state index contributed by atoms with van der Waals surface area (Å²) in [6.45, 7) is 1.70. The van der Waals surface area contributed by atoms with E-state index < -0.39 is 35.5 Å². The Balaban J connectivity index is 1.20. The van der Waals surface area contributed by atoms with Crippen LogP contribution in [0.5, 0.6) is 0 Å². The summed E-state index contributed by atoms with van der Waals surface area (Å²) in [6, 6.07) is 24.6. The number of nitrogens with zero attached hydrogens (tertiary/aromatic N) is 2. The molecule has 216 valence electrons. The Morgan fingerprint density at radius 2 is 1.50 bits per heavy atom. The molecule has 1 atom stereocenters. The molecule has 3 aliphatic rings. The minimum atomic E-state index is -1.44. The number of hydrogen-bond acceptors (Lipinski definition) is 6. The Kier molecular flexibility index (Phi) is 7.38. The average Bonchev–Trinajstić information content (AvgIpc) is 3.55. The van der Waals surface area contributed by atoms with Crippen LogP contribution in [0.3, 0.4) is 0 Å². The van der Waals surface area contributed by atoms with Crippen molar-refractivity contribution in [2.24, 2.45) is 0 Å². The second-order valence-electron chi connectivity index (χ2n) is 11.1. The van der Waals surface area contributed by atoms with E-state index in [1.165, 1.54) is 0 Å². The fourth-order valence-electron chi connectivity index (χ4n) is 6.30. The molecule has 42 heavy (non-hydrogen) atoms. The van der Waals surface area contributed by atoms with Crippen molar-refractivity contribution < 1.29 is 29.0 Å². The van der Waals surface area contributed by atoms with Gasteiger partial charge in [-0.15, -0.1) is 0 Å². The van der Waals surface area contributed by atoms with Crippen LogP contribution in [-0.4, -0.2) is 70.2 Å². The number of amides is 3. The topological polar surface area (TPSA) is 128 Å². The first kappa shape index (κ1) is 27.5. The Morgan fingerprint density at radius 1 is 0.905 bits per heavy atom. The highest BCUT2D eigenvalue weighted by atomic mass is 16.5. The van der Waals surface area contributed by atoms with E-state index in [2.05, 4.69) is 15.6 Å². The molecular weight excluding hydrogens is 536 g/mol. The zero-order chi connectivity index (χ0) is 29.3. The van der Waals surface area contributed by atoms with E-state index >= 15 is 0 Å². The van der Waals surface area contributed by atoms with Gasteiger partial charge in [0, 0.05) is 25.6 Å². The van der Waals surface area contributed by atoms with Crippen LogP contribution >= 0.6 is 0 Å². The lowest BCUT2D eigenvalue weighted by Crippen LogP contribution is -2.66. The Hall–Kier alpha value is -4.70. The summed E-state index contributed by atoms with van der Waals surface area (Å²) in [4.78, 5) is 53.4. The van der Waals surface area contributed by atoms with Crippen molar-refractivity contribution in [2.75, 3.05) is 19.7 Å². The number of carboxylic acids is 1. The van der Waals surface area contributed by atoms with E-state index in [-0.39, 0.29) is 31.8 Å². The average molecular weight is 569 g/mol. The molecule has 10 heteroatoms. The molecule has 3 aromatic rings. The fourth-order valence-corrected chi connectivity index (χ4v) is 6.30. The van der Waals surface area contributed by atoms with Crippen LogP contribution in [0.1, 0.15) is 41.9 Å². The van der Waals surface area contributed by atoms with Gasteiger partial charge in [-0.1, -0.05) is 78.9 Å². The van der Waals surface area contributed by atoms with Gasteiger partial charge in [0.15, 0.2) is 6.04 Å². The van der Waals surface area contributed by atoms with Crippen molar-refractivity contribution in [1.82, 2.24) is 20.7 Å². The van der Waals surface area contributed by atoms with Crippen LogP contribution < -0.4 is 10.7 Å². The monoisotopic (exact) mass is 568 g/mol. The quantitative estimate of drug-likeness (QED) is 0.399. The van der Waals surface area contributed by atoms with Gasteiger partial charge in [0.05, 0.1) is 6.42 Å². The molecule has 2 fully saturated rings. The number of ether oxygens (including phenoxy) is 1. The van der Waals surface area contributed by atoms with Crippen LogP contribution in [0.15, 0.2) is 78.9 Å². The van der Waals surface area contributed by atoms with Crippen molar-refractivity contribution in [2.45, 2.75) is 43.3 Å². The number of carbonyl (C=O) groups is 4. The zero-order valence-electron chi connectivity index (χ0n) is 23.0. The van der Waals surface area contributed by atoms with Crippen molar-refractivity contribution in [3.05, 3.63) is 95.6 Å². The Morgan fingerprint density at radius 3 is 2.12 bits per heavy atom. The van der Waals surface area contributed by atoms with E-state index in [0.717, 1.165) is 32.8 Å². The maximum absolute atomic E-state index is 13.9. The highest BCUT2D eigenvalue weighted by Gasteiger charge is 2.51. The number of carboxylic acid groups (broad SMARTS) is 1. The highest BCUT2D eigenvalue weighted by molar-refractivity contribution is 5.98. The van der Waals surface area contributed by atoms with Crippen LogP contribution in [0.2, 0.25) is 0 Å². The number of hydrazine groups is 1. The second-order valence-corrected chi connectivity index (χ2v) is 11.1. The van der Waals surface area contributed by atoms with Crippen LogP contribution in [-0.2, 0) is 25.7 Å². The first-order valence-corrected chi connectivity index (χ1v) is 14.1. The summed E-state index contributed by atoms with van der Waals surface area (Å²) >= 11 is 0. The molecule has 2 aliphatic heterocycles. The van der Waals surface area contributed by atoms with E-state index in [1.807, 2.05) is 78.9 Å². The first-order valence-electron chi connectivity index (χ1n) is 14.1. The lowest BCUT2D eigenvalue weighted by molar-refractivity contribution is -0.155. The largest absolute Gasteiger partial charge is 0.480 e. The van der Waals surface area contributed by atoms with Gasteiger partial charge in [0.25, 0.3) is 5.91 Å². The van der Waals surface area contributed by atoms with Gasteiger partial charge in [0.1, 0.15) is 12.1 Å².